The van der Waals surface area contributed by atoms with Crippen molar-refractivity contribution in [3.8, 4) is 0 Å². The molecular weight excluding hydrogens is 318 g/mol. The Morgan fingerprint density at radius 3 is 2.35 bits per heavy atom. The minimum atomic E-state index is -3.11. The second-order valence-corrected chi connectivity index (χ2v) is 8.59. The van der Waals surface area contributed by atoms with Crippen molar-refractivity contribution in [2.75, 3.05) is 18.1 Å². The van der Waals surface area contributed by atoms with E-state index in [1.54, 1.807) is 19.1 Å². The number of ether oxygens (including phenoxy) is 1. The molecule has 0 aliphatic carbocycles. The molecule has 6 nitrogen and oxygen atoms in total. The monoisotopic (exact) mass is 339 g/mol. The molecule has 1 aromatic carbocycles. The van der Waals surface area contributed by atoms with Gasteiger partial charge < -0.3 is 10.1 Å². The first kappa shape index (κ1) is 17.5. The minimum absolute atomic E-state index is 0.0616. The molecule has 23 heavy (non-hydrogen) atoms. The molecule has 1 amide bonds. The first-order valence-corrected chi connectivity index (χ1v) is 9.18. The Morgan fingerprint density at radius 2 is 1.83 bits per heavy atom. The van der Waals surface area contributed by atoms with E-state index < -0.39 is 33.9 Å². The summed E-state index contributed by atoms with van der Waals surface area (Å²) in [7, 11) is -3.11. The predicted molar refractivity (Wildman–Crippen MR) is 86.0 cm³/mol. The van der Waals surface area contributed by atoms with Crippen LogP contribution >= 0.6 is 0 Å². The molecule has 1 aliphatic rings. The molecule has 1 N–H and O–H groups in total. The Labute approximate surface area is 136 Å². The van der Waals surface area contributed by atoms with E-state index in [0.29, 0.717) is 12.0 Å². The van der Waals surface area contributed by atoms with Gasteiger partial charge in [0, 0.05) is 0 Å². The van der Waals surface area contributed by atoms with Crippen LogP contribution in [0, 0.1) is 13.8 Å². The van der Waals surface area contributed by atoms with E-state index in [0.717, 1.165) is 11.1 Å². The third-order valence-corrected chi connectivity index (χ3v) is 5.64. The van der Waals surface area contributed by atoms with Crippen LogP contribution in [0.15, 0.2) is 18.2 Å². The molecule has 0 radical (unpaired) electrons. The first-order valence-electron chi connectivity index (χ1n) is 7.35. The number of hydrogen-bond acceptors (Lipinski definition) is 5. The summed E-state index contributed by atoms with van der Waals surface area (Å²) in [6.45, 7) is 5.00. The smallest absolute Gasteiger partial charge is 0.338 e. The molecule has 0 aromatic heterocycles. The molecule has 0 bridgehead atoms. The predicted octanol–water partition coefficient (Wildman–Crippen LogP) is 1.15. The van der Waals surface area contributed by atoms with Gasteiger partial charge in [-0.1, -0.05) is 17.2 Å². The lowest BCUT2D eigenvalue weighted by molar-refractivity contribution is -0.125. The maximum atomic E-state index is 12.0. The van der Waals surface area contributed by atoms with Crippen molar-refractivity contribution in [2.45, 2.75) is 32.7 Å². The van der Waals surface area contributed by atoms with E-state index in [2.05, 4.69) is 5.32 Å². The van der Waals surface area contributed by atoms with E-state index in [4.69, 9.17) is 4.74 Å². The number of rotatable bonds is 4. The SMILES string of the molecule is Cc1cc(C)cc(C(=O)OCC(=O)N[C@]2(C)CCS(=O)(=O)C2)c1. The van der Waals surface area contributed by atoms with Gasteiger partial charge in [0.05, 0.1) is 22.6 Å². The van der Waals surface area contributed by atoms with E-state index in [-0.39, 0.29) is 11.5 Å². The van der Waals surface area contributed by atoms with Crippen LogP contribution in [0.4, 0.5) is 0 Å². The highest BCUT2D eigenvalue weighted by Crippen LogP contribution is 2.22. The topological polar surface area (TPSA) is 89.5 Å². The second kappa shape index (κ2) is 6.31. The molecule has 0 saturated carbocycles. The molecule has 1 aromatic rings. The molecule has 1 atom stereocenters. The van der Waals surface area contributed by atoms with Gasteiger partial charge in [-0.2, -0.15) is 0 Å². The van der Waals surface area contributed by atoms with Crippen LogP contribution in [0.25, 0.3) is 0 Å². The molecule has 1 saturated heterocycles. The Hall–Kier alpha value is -1.89. The molecule has 1 aliphatic heterocycles. The molecule has 0 unspecified atom stereocenters. The Balaban J connectivity index is 1.90. The summed E-state index contributed by atoms with van der Waals surface area (Å²) in [5.41, 5.74) is 1.47. The minimum Gasteiger partial charge on any atom is -0.452 e. The molecule has 0 spiro atoms. The number of hydrogen-bond donors (Lipinski definition) is 1. The maximum absolute atomic E-state index is 12.0. The van der Waals surface area contributed by atoms with Crippen molar-refractivity contribution in [3.05, 3.63) is 34.9 Å². The van der Waals surface area contributed by atoms with Crippen LogP contribution in [0.1, 0.15) is 34.8 Å². The van der Waals surface area contributed by atoms with E-state index in [1.807, 2.05) is 19.9 Å². The van der Waals surface area contributed by atoms with Gasteiger partial charge in [-0.15, -0.1) is 0 Å². The van der Waals surface area contributed by atoms with Crippen molar-refractivity contribution < 1.29 is 22.7 Å². The average Bonchev–Trinajstić information content (AvgIpc) is 2.68. The van der Waals surface area contributed by atoms with Crippen LogP contribution in [0.3, 0.4) is 0 Å². The van der Waals surface area contributed by atoms with Crippen LogP contribution in [0.5, 0.6) is 0 Å². The highest BCUT2D eigenvalue weighted by molar-refractivity contribution is 7.91. The largest absolute Gasteiger partial charge is 0.452 e. The van der Waals surface area contributed by atoms with Crippen molar-refractivity contribution in [1.29, 1.82) is 0 Å². The summed E-state index contributed by atoms with van der Waals surface area (Å²) in [6.07, 6.45) is 0.367. The number of carbonyl (C=O) groups excluding carboxylic acids is 2. The number of benzene rings is 1. The summed E-state index contributed by atoms with van der Waals surface area (Å²) < 4.78 is 28.0. The van der Waals surface area contributed by atoms with Gasteiger partial charge in [0.25, 0.3) is 5.91 Å². The Kier molecular flexibility index (Phi) is 4.79. The maximum Gasteiger partial charge on any atom is 0.338 e. The Bertz CT molecular complexity index is 721. The van der Waals surface area contributed by atoms with E-state index in [9.17, 15) is 18.0 Å². The third kappa shape index (κ3) is 4.79. The summed E-state index contributed by atoms with van der Waals surface area (Å²) in [6, 6.07) is 5.32. The highest BCUT2D eigenvalue weighted by atomic mass is 32.2. The lowest BCUT2D eigenvalue weighted by atomic mass is 10.0. The fourth-order valence-electron chi connectivity index (χ4n) is 2.79. The third-order valence-electron chi connectivity index (χ3n) is 3.74. The zero-order valence-electron chi connectivity index (χ0n) is 13.5. The van der Waals surface area contributed by atoms with Crippen LogP contribution in [-0.4, -0.2) is 43.9 Å². The normalized spacial score (nSPS) is 22.6. The quantitative estimate of drug-likeness (QED) is 0.831. The molecule has 7 heteroatoms. The molecule has 126 valence electrons. The zero-order chi connectivity index (χ0) is 17.3. The number of nitrogens with one attached hydrogen (secondary N) is 1. The van der Waals surface area contributed by atoms with Gasteiger partial charge in [-0.05, 0) is 39.3 Å². The number of esters is 1. The van der Waals surface area contributed by atoms with E-state index in [1.165, 1.54) is 0 Å². The molecular formula is C16H21NO5S. The van der Waals surface area contributed by atoms with E-state index >= 15 is 0 Å². The zero-order valence-corrected chi connectivity index (χ0v) is 14.3. The van der Waals surface area contributed by atoms with Gasteiger partial charge in [0.15, 0.2) is 16.4 Å². The summed E-state index contributed by atoms with van der Waals surface area (Å²) in [4.78, 5) is 23.9. The number of aryl methyl sites for hydroxylation is 2. The highest BCUT2D eigenvalue weighted by Gasteiger charge is 2.39. The molecule has 2 rings (SSSR count). The lowest BCUT2D eigenvalue weighted by Gasteiger charge is -2.23. The summed E-state index contributed by atoms with van der Waals surface area (Å²) in [5, 5.41) is 2.65. The lowest BCUT2D eigenvalue weighted by Crippen LogP contribution is -2.48. The van der Waals surface area contributed by atoms with Gasteiger partial charge in [-0.25, -0.2) is 13.2 Å². The fourth-order valence-corrected chi connectivity index (χ4v) is 4.88. The first-order chi connectivity index (χ1) is 10.6. The number of amides is 1. The molecule has 1 fully saturated rings. The van der Waals surface area contributed by atoms with Gasteiger partial charge in [0.2, 0.25) is 0 Å². The van der Waals surface area contributed by atoms with Gasteiger partial charge in [-0.3, -0.25) is 4.79 Å². The second-order valence-electron chi connectivity index (χ2n) is 6.40. The van der Waals surface area contributed by atoms with Crippen molar-refractivity contribution in [2.24, 2.45) is 0 Å². The van der Waals surface area contributed by atoms with Gasteiger partial charge >= 0.3 is 5.97 Å². The van der Waals surface area contributed by atoms with Crippen molar-refractivity contribution in [1.82, 2.24) is 5.32 Å². The Morgan fingerprint density at radius 1 is 1.22 bits per heavy atom. The van der Waals surface area contributed by atoms with Crippen molar-refractivity contribution in [3.63, 3.8) is 0 Å². The van der Waals surface area contributed by atoms with Crippen LogP contribution < -0.4 is 5.32 Å². The number of sulfone groups is 1. The van der Waals surface area contributed by atoms with Crippen LogP contribution in [-0.2, 0) is 19.4 Å². The standard InChI is InChI=1S/C16H21NO5S/c1-11-6-12(2)8-13(7-11)15(19)22-9-14(18)17-16(3)4-5-23(20,21)10-16/h6-8H,4-5,9-10H2,1-3H3,(H,17,18)/t16-/m1/s1. The number of carbonyl (C=O) groups is 2. The average molecular weight is 339 g/mol. The van der Waals surface area contributed by atoms with Gasteiger partial charge in [0.1, 0.15) is 0 Å². The summed E-state index contributed by atoms with van der Waals surface area (Å²) >= 11 is 0. The van der Waals surface area contributed by atoms with Crippen molar-refractivity contribution >= 4 is 21.7 Å². The molecule has 1 heterocycles. The van der Waals surface area contributed by atoms with Crippen LogP contribution in [0.2, 0.25) is 0 Å². The summed E-state index contributed by atoms with van der Waals surface area (Å²) in [5.74, 6) is -1.10. The fraction of sp³-hybridized carbons (Fsp3) is 0.500.